The third-order valence-electron chi connectivity index (χ3n) is 8.47. The maximum Gasteiger partial charge on any atom is 0.472 e. The highest BCUT2D eigenvalue weighted by Crippen LogP contribution is 2.69. The fourth-order valence-corrected chi connectivity index (χ4v) is 7.58. The largest absolute Gasteiger partial charge is 0.472 e. The van der Waals surface area contributed by atoms with E-state index in [1.807, 2.05) is 0 Å². The van der Waals surface area contributed by atoms with Crippen LogP contribution in [0.2, 0.25) is 0 Å². The van der Waals surface area contributed by atoms with Crippen molar-refractivity contribution in [3.05, 3.63) is 29.3 Å². The molecule has 0 radical (unpaired) electrons. The zero-order valence-electron chi connectivity index (χ0n) is 22.2. The summed E-state index contributed by atoms with van der Waals surface area (Å²) in [6.07, 6.45) is -4.76. The number of hydrogen-bond acceptors (Lipinski definition) is 16. The van der Waals surface area contributed by atoms with Gasteiger partial charge in [-0.1, -0.05) is 0 Å². The van der Waals surface area contributed by atoms with Crippen LogP contribution in [-0.4, -0.2) is 103 Å². The number of imidazole rings is 2. The van der Waals surface area contributed by atoms with E-state index >= 15 is 4.39 Å². The van der Waals surface area contributed by atoms with E-state index in [9.17, 15) is 24.5 Å². The standard InChI is InChI=1S/C22H24FN10O10P/c23-8-7(1-34)40-18(33-6-29-10-16(33)30-20(25)31-17(10)35)11(8)43-44(37,38)39-3-21-2-22(36)13(21)12(41-22)19(42-21)32-5-28-9-14(24)26-4-27-15(9)32/h4-8,11-13,18-19,34,36H,1-3H2,(H,37,38)(H2,24,26,27)(H3,25,30,31,35)/t7-,8-,11-,12-,13?,18-,19-,21-,22+/m1/s1. The minimum absolute atomic E-state index is 0.0996. The minimum atomic E-state index is -5.08. The highest BCUT2D eigenvalue weighted by Gasteiger charge is 2.82. The van der Waals surface area contributed by atoms with E-state index in [4.69, 9.17) is 34.7 Å². The summed E-state index contributed by atoms with van der Waals surface area (Å²) in [5.74, 6) is -2.31. The second kappa shape index (κ2) is 9.19. The van der Waals surface area contributed by atoms with Crippen molar-refractivity contribution in [3.8, 4) is 0 Å². The van der Waals surface area contributed by atoms with E-state index in [2.05, 4.69) is 29.9 Å². The molecule has 8 N–H and O–H groups in total. The van der Waals surface area contributed by atoms with Crippen LogP contribution in [0.5, 0.6) is 0 Å². The number of nitrogens with zero attached hydrogens (tertiary/aromatic N) is 7. The third-order valence-corrected chi connectivity index (χ3v) is 9.43. The topological polar surface area (TPSA) is 283 Å². The van der Waals surface area contributed by atoms with Gasteiger partial charge in [0.15, 0.2) is 47.0 Å². The Morgan fingerprint density at radius 3 is 2.64 bits per heavy atom. The van der Waals surface area contributed by atoms with Gasteiger partial charge < -0.3 is 40.8 Å². The number of H-pyrrole nitrogens is 1. The van der Waals surface area contributed by atoms with E-state index in [0.29, 0.717) is 11.2 Å². The first-order valence-corrected chi connectivity index (χ1v) is 14.7. The van der Waals surface area contributed by atoms with Crippen molar-refractivity contribution < 1.29 is 47.3 Å². The number of alkyl halides is 1. The van der Waals surface area contributed by atoms with Crippen molar-refractivity contribution >= 4 is 41.9 Å². The molecule has 2 unspecified atom stereocenters. The SMILES string of the molecule is Nc1nc2c(ncn2[C@@H]2O[C@H](CO)[C@@H](F)[C@H]2OP(=O)(O)OC[C@]23C[C@]4(O)O[C@H](C24)[C@H](n2cnc4c(N)ncnc42)O3)c(=O)[nH]1. The normalized spacial score (nSPS) is 37.1. The van der Waals surface area contributed by atoms with Crippen LogP contribution >= 0.6 is 7.82 Å². The predicted octanol–water partition coefficient (Wildman–Crippen LogP) is -1.77. The molecule has 3 aliphatic heterocycles. The van der Waals surface area contributed by atoms with Gasteiger partial charge in [0.2, 0.25) is 5.95 Å². The molecule has 1 saturated carbocycles. The predicted molar refractivity (Wildman–Crippen MR) is 140 cm³/mol. The zero-order valence-corrected chi connectivity index (χ0v) is 23.1. The first-order chi connectivity index (χ1) is 20.9. The molecular formula is C22H24FN10O10P. The molecular weight excluding hydrogens is 614 g/mol. The number of nitrogen functional groups attached to an aromatic ring is 2. The maximum atomic E-state index is 15.4. The summed E-state index contributed by atoms with van der Waals surface area (Å²) < 4.78 is 59.4. The fraction of sp³-hybridized carbons (Fsp3) is 0.545. The van der Waals surface area contributed by atoms with Gasteiger partial charge >= 0.3 is 7.82 Å². The van der Waals surface area contributed by atoms with Gasteiger partial charge in [-0.25, -0.2) is 28.9 Å². The summed E-state index contributed by atoms with van der Waals surface area (Å²) in [5.41, 5.74) is 9.97. The maximum absolute atomic E-state index is 15.4. The van der Waals surface area contributed by atoms with Crippen LogP contribution in [0.3, 0.4) is 0 Å². The molecule has 0 amide bonds. The average molecular weight is 638 g/mol. The molecule has 3 saturated heterocycles. The molecule has 22 heteroatoms. The molecule has 4 aliphatic rings. The summed E-state index contributed by atoms with van der Waals surface area (Å²) in [6.45, 7) is -1.34. The Morgan fingerprint density at radius 2 is 1.89 bits per heavy atom. The quantitative estimate of drug-likeness (QED) is 0.116. The number of phosphoric ester groups is 1. The number of phosphoric acid groups is 1. The van der Waals surface area contributed by atoms with E-state index in [-0.39, 0.29) is 29.4 Å². The van der Waals surface area contributed by atoms with Gasteiger partial charge in [-0.05, 0) is 0 Å². The van der Waals surface area contributed by atoms with Gasteiger partial charge in [0.05, 0.1) is 31.8 Å². The molecule has 4 aromatic heterocycles. The van der Waals surface area contributed by atoms with E-state index in [0.717, 1.165) is 10.9 Å². The van der Waals surface area contributed by atoms with Crippen LogP contribution in [0, 0.1) is 5.92 Å². The Morgan fingerprint density at radius 1 is 1.14 bits per heavy atom. The fourth-order valence-electron chi connectivity index (χ4n) is 6.61. The molecule has 8 rings (SSSR count). The minimum Gasteiger partial charge on any atom is -0.394 e. The molecule has 1 aliphatic carbocycles. The van der Waals surface area contributed by atoms with Gasteiger partial charge in [-0.3, -0.25) is 28.0 Å². The zero-order chi connectivity index (χ0) is 30.8. The summed E-state index contributed by atoms with van der Waals surface area (Å²) in [6, 6.07) is 0. The number of aliphatic hydroxyl groups is 2. The molecule has 20 nitrogen and oxygen atoms in total. The Hall–Kier alpha value is -3.66. The number of fused-ring (bicyclic) bond motifs is 2. The lowest BCUT2D eigenvalue weighted by Gasteiger charge is -2.62. The van der Waals surface area contributed by atoms with E-state index in [1.165, 1.54) is 12.7 Å². The summed E-state index contributed by atoms with van der Waals surface area (Å²) >= 11 is 0. The number of aliphatic hydroxyl groups excluding tert-OH is 1. The first kappa shape index (κ1) is 27.9. The second-order valence-corrected chi connectivity index (χ2v) is 12.4. The summed E-state index contributed by atoms with van der Waals surface area (Å²) in [4.78, 5) is 45.5. The van der Waals surface area contributed by atoms with Crippen molar-refractivity contribution in [2.45, 2.75) is 54.7 Å². The van der Waals surface area contributed by atoms with Crippen molar-refractivity contribution in [2.24, 2.45) is 5.92 Å². The molecule has 0 aromatic carbocycles. The number of ether oxygens (including phenoxy) is 3. The van der Waals surface area contributed by atoms with Gasteiger partial charge in [-0.2, -0.15) is 4.98 Å². The Balaban J connectivity index is 1.04. The lowest BCUT2D eigenvalue weighted by Crippen LogP contribution is -2.77. The molecule has 0 spiro atoms. The first-order valence-electron chi connectivity index (χ1n) is 13.2. The molecule has 4 fully saturated rings. The highest BCUT2D eigenvalue weighted by atomic mass is 31.2. The molecule has 7 heterocycles. The van der Waals surface area contributed by atoms with Crippen molar-refractivity contribution in [2.75, 3.05) is 24.7 Å². The number of aromatic nitrogens is 8. The molecule has 10 atom stereocenters. The lowest BCUT2D eigenvalue weighted by molar-refractivity contribution is -0.433. The molecule has 0 bridgehead atoms. The van der Waals surface area contributed by atoms with Crippen LogP contribution < -0.4 is 17.0 Å². The number of aromatic amines is 1. The van der Waals surface area contributed by atoms with Crippen molar-refractivity contribution in [1.29, 1.82) is 0 Å². The van der Waals surface area contributed by atoms with E-state index < -0.39 is 80.8 Å². The average Bonchev–Trinajstić information content (AvgIpc) is 3.68. The number of nitrogens with one attached hydrogen (secondary N) is 1. The van der Waals surface area contributed by atoms with Crippen LogP contribution in [0.25, 0.3) is 22.3 Å². The number of nitrogens with two attached hydrogens (primary N) is 2. The molecule has 234 valence electrons. The van der Waals surface area contributed by atoms with Crippen LogP contribution in [0.4, 0.5) is 16.2 Å². The lowest BCUT2D eigenvalue weighted by atomic mass is 9.59. The smallest absolute Gasteiger partial charge is 0.394 e. The van der Waals surface area contributed by atoms with Gasteiger partial charge in [0.25, 0.3) is 5.56 Å². The molecule has 4 aromatic rings. The monoisotopic (exact) mass is 638 g/mol. The molecule has 44 heavy (non-hydrogen) atoms. The van der Waals surface area contributed by atoms with Gasteiger partial charge in [-0.15, -0.1) is 0 Å². The van der Waals surface area contributed by atoms with Crippen LogP contribution in [0.15, 0.2) is 23.8 Å². The number of anilines is 2. The van der Waals surface area contributed by atoms with Crippen LogP contribution in [0.1, 0.15) is 18.9 Å². The summed E-state index contributed by atoms with van der Waals surface area (Å²) in [7, 11) is -5.08. The Bertz CT molecular complexity index is 1920. The highest BCUT2D eigenvalue weighted by molar-refractivity contribution is 7.47. The number of hydrogen-bond donors (Lipinski definition) is 6. The van der Waals surface area contributed by atoms with E-state index in [1.54, 1.807) is 4.57 Å². The number of halogens is 1. The summed E-state index contributed by atoms with van der Waals surface area (Å²) in [5, 5.41) is 20.4. The second-order valence-electron chi connectivity index (χ2n) is 11.0. The van der Waals surface area contributed by atoms with Crippen molar-refractivity contribution in [1.82, 2.24) is 39.0 Å². The Kier molecular flexibility index (Phi) is 5.82. The number of rotatable bonds is 8. The third kappa shape index (κ3) is 3.82. The van der Waals surface area contributed by atoms with Gasteiger partial charge in [0.1, 0.15) is 35.8 Å². The van der Waals surface area contributed by atoms with Crippen LogP contribution in [-0.2, 0) is 27.8 Å². The van der Waals surface area contributed by atoms with Gasteiger partial charge in [0, 0.05) is 6.42 Å². The van der Waals surface area contributed by atoms with Crippen molar-refractivity contribution in [3.63, 3.8) is 0 Å². The Labute approximate surface area is 243 Å².